The molecule has 4 heteroatoms. The van der Waals surface area contributed by atoms with E-state index in [4.69, 9.17) is 0 Å². The van der Waals surface area contributed by atoms with Crippen LogP contribution in [-0.2, 0) is 4.79 Å². The number of nitrogens with one attached hydrogen (secondary N) is 1. The van der Waals surface area contributed by atoms with Crippen molar-refractivity contribution in [2.75, 3.05) is 32.8 Å². The third-order valence-corrected chi connectivity index (χ3v) is 4.07. The number of carbonyl (C=O) groups is 1. The summed E-state index contributed by atoms with van der Waals surface area (Å²) >= 11 is 0. The Kier molecular flexibility index (Phi) is 5.92. The summed E-state index contributed by atoms with van der Waals surface area (Å²) in [7, 11) is 0. The van der Waals surface area contributed by atoms with E-state index in [1.165, 1.54) is 0 Å². The lowest BCUT2D eigenvalue weighted by molar-refractivity contribution is -0.129. The van der Waals surface area contributed by atoms with Crippen LogP contribution in [0.5, 0.6) is 0 Å². The molecule has 1 heterocycles. The first-order chi connectivity index (χ1) is 8.17. The number of carbonyl (C=O) groups excluding carboxylic acids is 1. The zero-order valence-corrected chi connectivity index (χ0v) is 11.2. The van der Waals surface area contributed by atoms with E-state index in [0.29, 0.717) is 6.54 Å². The van der Waals surface area contributed by atoms with Gasteiger partial charge in [0.2, 0.25) is 5.91 Å². The molecule has 0 aromatic rings. The standard InChI is InChI=1S/C13H26N2O2/c1-3-13(4-2,11-16)10-14-9-12(17)15-7-5-6-8-15/h14,16H,3-11H2,1-2H3. The van der Waals surface area contributed by atoms with Gasteiger partial charge >= 0.3 is 0 Å². The molecule has 0 spiro atoms. The predicted octanol–water partition coefficient (Wildman–Crippen LogP) is 0.997. The van der Waals surface area contributed by atoms with E-state index in [-0.39, 0.29) is 17.9 Å². The third-order valence-electron chi connectivity index (χ3n) is 4.07. The predicted molar refractivity (Wildman–Crippen MR) is 68.8 cm³/mol. The number of amides is 1. The summed E-state index contributed by atoms with van der Waals surface area (Å²) in [5, 5.41) is 12.6. The van der Waals surface area contributed by atoms with Gasteiger partial charge in [0.15, 0.2) is 0 Å². The number of hydrogen-bond acceptors (Lipinski definition) is 3. The maximum Gasteiger partial charge on any atom is 0.236 e. The SMILES string of the molecule is CCC(CC)(CO)CNCC(=O)N1CCCC1. The Hall–Kier alpha value is -0.610. The van der Waals surface area contributed by atoms with Crippen LogP contribution < -0.4 is 5.32 Å². The van der Waals surface area contributed by atoms with Gasteiger partial charge in [-0.25, -0.2) is 0 Å². The largest absolute Gasteiger partial charge is 0.396 e. The van der Waals surface area contributed by atoms with Crippen molar-refractivity contribution in [2.24, 2.45) is 5.41 Å². The third kappa shape index (κ3) is 3.96. The first-order valence-electron chi connectivity index (χ1n) is 6.77. The normalized spacial score (nSPS) is 16.5. The summed E-state index contributed by atoms with van der Waals surface area (Å²) in [5.41, 5.74) is -0.0642. The molecular weight excluding hydrogens is 216 g/mol. The van der Waals surface area contributed by atoms with Gasteiger partial charge in [0, 0.05) is 31.7 Å². The maximum atomic E-state index is 11.8. The molecule has 0 aliphatic carbocycles. The number of likely N-dealkylation sites (tertiary alicyclic amines) is 1. The smallest absolute Gasteiger partial charge is 0.236 e. The van der Waals surface area contributed by atoms with Crippen LogP contribution in [0.15, 0.2) is 0 Å². The van der Waals surface area contributed by atoms with Crippen molar-refractivity contribution < 1.29 is 9.90 Å². The molecule has 1 aliphatic rings. The molecule has 1 amide bonds. The second-order valence-corrected chi connectivity index (χ2v) is 5.06. The molecular formula is C13H26N2O2. The molecule has 1 rings (SSSR count). The van der Waals surface area contributed by atoms with E-state index in [1.54, 1.807) is 0 Å². The van der Waals surface area contributed by atoms with Gasteiger partial charge in [-0.15, -0.1) is 0 Å². The van der Waals surface area contributed by atoms with E-state index in [0.717, 1.165) is 45.3 Å². The van der Waals surface area contributed by atoms with E-state index in [9.17, 15) is 9.90 Å². The van der Waals surface area contributed by atoms with E-state index >= 15 is 0 Å². The highest BCUT2D eigenvalue weighted by atomic mass is 16.3. The topological polar surface area (TPSA) is 52.6 Å². The van der Waals surface area contributed by atoms with Crippen LogP contribution in [0.3, 0.4) is 0 Å². The van der Waals surface area contributed by atoms with Crippen LogP contribution in [0.2, 0.25) is 0 Å². The van der Waals surface area contributed by atoms with Crippen LogP contribution in [0.25, 0.3) is 0 Å². The van der Waals surface area contributed by atoms with Crippen LogP contribution in [0.4, 0.5) is 0 Å². The molecule has 0 atom stereocenters. The second-order valence-electron chi connectivity index (χ2n) is 5.06. The first kappa shape index (κ1) is 14.5. The van der Waals surface area contributed by atoms with Crippen LogP contribution >= 0.6 is 0 Å². The second kappa shape index (κ2) is 6.97. The minimum Gasteiger partial charge on any atom is -0.396 e. The quantitative estimate of drug-likeness (QED) is 0.700. The highest BCUT2D eigenvalue weighted by Gasteiger charge is 2.25. The summed E-state index contributed by atoms with van der Waals surface area (Å²) in [6.45, 7) is 7.30. The summed E-state index contributed by atoms with van der Waals surface area (Å²) < 4.78 is 0. The lowest BCUT2D eigenvalue weighted by Gasteiger charge is -2.29. The molecule has 17 heavy (non-hydrogen) atoms. The Bertz CT molecular complexity index is 225. The zero-order valence-electron chi connectivity index (χ0n) is 11.2. The average Bonchev–Trinajstić information content (AvgIpc) is 2.89. The molecule has 1 aliphatic heterocycles. The van der Waals surface area contributed by atoms with Gasteiger partial charge in [-0.1, -0.05) is 13.8 Å². The molecule has 0 radical (unpaired) electrons. The number of hydrogen-bond donors (Lipinski definition) is 2. The van der Waals surface area contributed by atoms with Crippen LogP contribution in [-0.4, -0.2) is 48.7 Å². The molecule has 0 bridgehead atoms. The molecule has 2 N–H and O–H groups in total. The summed E-state index contributed by atoms with van der Waals surface area (Å²) in [5.74, 6) is 0.196. The van der Waals surface area contributed by atoms with E-state index < -0.39 is 0 Å². The molecule has 100 valence electrons. The van der Waals surface area contributed by atoms with Gasteiger partial charge in [0.05, 0.1) is 6.54 Å². The molecule has 0 aromatic carbocycles. The van der Waals surface area contributed by atoms with Crippen molar-refractivity contribution in [3.63, 3.8) is 0 Å². The fourth-order valence-corrected chi connectivity index (χ4v) is 2.29. The monoisotopic (exact) mass is 242 g/mol. The highest BCUT2D eigenvalue weighted by molar-refractivity contribution is 5.78. The highest BCUT2D eigenvalue weighted by Crippen LogP contribution is 2.24. The Labute approximate surface area is 104 Å². The minimum atomic E-state index is -0.0642. The number of rotatable bonds is 7. The number of aliphatic hydroxyl groups excluding tert-OH is 1. The molecule has 4 nitrogen and oxygen atoms in total. The Morgan fingerprint density at radius 3 is 2.35 bits per heavy atom. The zero-order chi connectivity index (χ0) is 12.7. The maximum absolute atomic E-state index is 11.8. The van der Waals surface area contributed by atoms with Gasteiger partial charge in [0.25, 0.3) is 0 Å². The van der Waals surface area contributed by atoms with Crippen molar-refractivity contribution in [3.05, 3.63) is 0 Å². The average molecular weight is 242 g/mol. The summed E-state index contributed by atoms with van der Waals surface area (Å²) in [4.78, 5) is 13.7. The summed E-state index contributed by atoms with van der Waals surface area (Å²) in [6.07, 6.45) is 4.14. The molecule has 0 saturated carbocycles. The van der Waals surface area contributed by atoms with Crippen molar-refractivity contribution in [1.29, 1.82) is 0 Å². The Balaban J connectivity index is 2.28. The lowest BCUT2D eigenvalue weighted by Crippen LogP contribution is -2.42. The van der Waals surface area contributed by atoms with Crippen LogP contribution in [0.1, 0.15) is 39.5 Å². The Morgan fingerprint density at radius 1 is 1.29 bits per heavy atom. The first-order valence-corrected chi connectivity index (χ1v) is 6.77. The molecule has 0 unspecified atom stereocenters. The van der Waals surface area contributed by atoms with Gasteiger partial charge < -0.3 is 15.3 Å². The van der Waals surface area contributed by atoms with Crippen LogP contribution in [0, 0.1) is 5.41 Å². The van der Waals surface area contributed by atoms with E-state index in [1.807, 2.05) is 4.90 Å². The van der Waals surface area contributed by atoms with E-state index in [2.05, 4.69) is 19.2 Å². The fourth-order valence-electron chi connectivity index (χ4n) is 2.29. The van der Waals surface area contributed by atoms with Crippen molar-refractivity contribution >= 4 is 5.91 Å². The minimum absolute atomic E-state index is 0.0642. The van der Waals surface area contributed by atoms with Gasteiger partial charge in [0.1, 0.15) is 0 Å². The molecule has 1 fully saturated rings. The van der Waals surface area contributed by atoms with Gasteiger partial charge in [-0.3, -0.25) is 4.79 Å². The summed E-state index contributed by atoms with van der Waals surface area (Å²) in [6, 6.07) is 0. The number of nitrogens with zero attached hydrogens (tertiary/aromatic N) is 1. The van der Waals surface area contributed by atoms with Crippen molar-refractivity contribution in [2.45, 2.75) is 39.5 Å². The Morgan fingerprint density at radius 2 is 1.88 bits per heavy atom. The molecule has 0 aromatic heterocycles. The molecule has 1 saturated heterocycles. The lowest BCUT2D eigenvalue weighted by atomic mass is 9.83. The fraction of sp³-hybridized carbons (Fsp3) is 0.923. The van der Waals surface area contributed by atoms with Crippen molar-refractivity contribution in [1.82, 2.24) is 10.2 Å². The van der Waals surface area contributed by atoms with Gasteiger partial charge in [-0.2, -0.15) is 0 Å². The van der Waals surface area contributed by atoms with Gasteiger partial charge in [-0.05, 0) is 25.7 Å². The van der Waals surface area contributed by atoms with Crippen molar-refractivity contribution in [3.8, 4) is 0 Å². The number of aliphatic hydroxyl groups is 1.